The highest BCUT2D eigenvalue weighted by Crippen LogP contribution is 2.30. The van der Waals surface area contributed by atoms with E-state index in [1.54, 1.807) is 17.6 Å². The van der Waals surface area contributed by atoms with Crippen molar-refractivity contribution in [2.24, 2.45) is 0 Å². The number of anilines is 1. The summed E-state index contributed by atoms with van der Waals surface area (Å²) >= 11 is 7.16. The molecular formula is C20H19ClFN5O4S. The average Bonchev–Trinajstić information content (AvgIpc) is 3.17. The number of ether oxygens (including phenoxy) is 1. The number of aromatic nitrogens is 3. The summed E-state index contributed by atoms with van der Waals surface area (Å²) in [6.45, 7) is 4.16. The van der Waals surface area contributed by atoms with Crippen molar-refractivity contribution in [3.63, 3.8) is 0 Å². The molecule has 168 valence electrons. The molecule has 0 spiro atoms. The van der Waals surface area contributed by atoms with Crippen molar-refractivity contribution in [3.8, 4) is 5.75 Å². The number of carbonyl (C=O) groups is 1. The molecule has 0 bridgehead atoms. The number of nitro groups is 1. The first-order chi connectivity index (χ1) is 15.3. The van der Waals surface area contributed by atoms with E-state index in [0.717, 1.165) is 17.8 Å². The van der Waals surface area contributed by atoms with E-state index in [2.05, 4.69) is 15.5 Å². The Bertz CT molecular complexity index is 1140. The maximum atomic E-state index is 13.2. The van der Waals surface area contributed by atoms with Gasteiger partial charge < -0.3 is 14.6 Å². The zero-order chi connectivity index (χ0) is 23.3. The topological polar surface area (TPSA) is 112 Å². The number of carbonyl (C=O) groups excluding carboxylic acids is 1. The van der Waals surface area contributed by atoms with Gasteiger partial charge in [-0.2, -0.15) is 0 Å². The summed E-state index contributed by atoms with van der Waals surface area (Å²) in [7, 11) is 0. The van der Waals surface area contributed by atoms with E-state index >= 15 is 0 Å². The van der Waals surface area contributed by atoms with Gasteiger partial charge in [0.15, 0.2) is 17.1 Å². The third-order valence-electron chi connectivity index (χ3n) is 4.33. The molecule has 1 aromatic heterocycles. The van der Waals surface area contributed by atoms with Crippen molar-refractivity contribution >= 4 is 40.6 Å². The van der Waals surface area contributed by atoms with E-state index in [1.807, 2.05) is 6.92 Å². The number of para-hydroxylation sites is 2. The predicted octanol–water partition coefficient (Wildman–Crippen LogP) is 4.87. The lowest BCUT2D eigenvalue weighted by atomic mass is 10.2. The van der Waals surface area contributed by atoms with Crippen LogP contribution in [0.1, 0.15) is 25.8 Å². The highest BCUT2D eigenvalue weighted by Gasteiger charge is 2.21. The quantitative estimate of drug-likeness (QED) is 0.264. The van der Waals surface area contributed by atoms with Crippen LogP contribution in [0.15, 0.2) is 47.6 Å². The Morgan fingerprint density at radius 1 is 1.34 bits per heavy atom. The molecule has 1 atom stereocenters. The fourth-order valence-electron chi connectivity index (χ4n) is 2.87. The minimum absolute atomic E-state index is 0.0246. The van der Waals surface area contributed by atoms with Gasteiger partial charge >= 0.3 is 0 Å². The first-order valence-corrected chi connectivity index (χ1v) is 10.9. The molecule has 0 saturated carbocycles. The number of rotatable bonds is 9. The fraction of sp³-hybridized carbons (Fsp3) is 0.250. The van der Waals surface area contributed by atoms with Gasteiger partial charge in [-0.05, 0) is 38.1 Å². The summed E-state index contributed by atoms with van der Waals surface area (Å²) in [4.78, 5) is 22.9. The number of hydrogen-bond donors (Lipinski definition) is 1. The summed E-state index contributed by atoms with van der Waals surface area (Å²) < 4.78 is 20.8. The highest BCUT2D eigenvalue weighted by molar-refractivity contribution is 7.99. The summed E-state index contributed by atoms with van der Waals surface area (Å²) in [5.41, 5.74) is -0.0609. The molecule has 1 heterocycles. The van der Waals surface area contributed by atoms with E-state index in [0.29, 0.717) is 23.3 Å². The van der Waals surface area contributed by atoms with Crippen LogP contribution in [-0.4, -0.2) is 31.3 Å². The third-order valence-corrected chi connectivity index (χ3v) is 5.59. The van der Waals surface area contributed by atoms with Crippen molar-refractivity contribution in [3.05, 3.63) is 69.2 Å². The molecule has 0 radical (unpaired) electrons. The normalized spacial score (nSPS) is 11.8. The van der Waals surface area contributed by atoms with Gasteiger partial charge in [-0.3, -0.25) is 14.9 Å². The maximum absolute atomic E-state index is 13.2. The van der Waals surface area contributed by atoms with Gasteiger partial charge in [-0.15, -0.1) is 10.2 Å². The molecule has 12 heteroatoms. The second kappa shape index (κ2) is 10.4. The average molecular weight is 480 g/mol. The molecule has 0 aliphatic rings. The number of amides is 1. The monoisotopic (exact) mass is 479 g/mol. The van der Waals surface area contributed by atoms with E-state index in [4.69, 9.17) is 16.3 Å². The lowest BCUT2D eigenvalue weighted by molar-refractivity contribution is -0.383. The van der Waals surface area contributed by atoms with Crippen molar-refractivity contribution in [1.29, 1.82) is 0 Å². The van der Waals surface area contributed by atoms with Crippen molar-refractivity contribution in [2.45, 2.75) is 31.7 Å². The number of halogens is 2. The molecule has 9 nitrogen and oxygen atoms in total. The standard InChI is InChI=1S/C20H19ClFN5O4S/c1-3-26-19(12(2)31-17-9-8-13(22)10-14(17)21)24-25-20(26)32-11-18(28)23-15-6-4-5-7-16(15)27(29)30/h4-10,12H,3,11H2,1-2H3,(H,23,28). The van der Waals surface area contributed by atoms with Crippen LogP contribution in [0.4, 0.5) is 15.8 Å². The Labute approximate surface area is 192 Å². The van der Waals surface area contributed by atoms with Crippen LogP contribution in [0, 0.1) is 15.9 Å². The number of nitrogens with zero attached hydrogens (tertiary/aromatic N) is 4. The van der Waals surface area contributed by atoms with Gasteiger partial charge in [0.25, 0.3) is 5.69 Å². The van der Waals surface area contributed by atoms with Crippen molar-refractivity contribution < 1.29 is 18.8 Å². The molecule has 2 aromatic carbocycles. The first kappa shape index (κ1) is 23.5. The van der Waals surface area contributed by atoms with E-state index < -0.39 is 22.8 Å². The van der Waals surface area contributed by atoms with Crippen LogP contribution < -0.4 is 10.1 Å². The van der Waals surface area contributed by atoms with Crippen LogP contribution >= 0.6 is 23.4 Å². The molecule has 3 rings (SSSR count). The predicted molar refractivity (Wildman–Crippen MR) is 119 cm³/mol. The minimum Gasteiger partial charge on any atom is -0.481 e. The summed E-state index contributed by atoms with van der Waals surface area (Å²) in [6, 6.07) is 9.75. The number of nitro benzene ring substituents is 1. The molecule has 1 N–H and O–H groups in total. The Hall–Kier alpha value is -3.18. The van der Waals surface area contributed by atoms with Gasteiger partial charge in [0.2, 0.25) is 5.91 Å². The zero-order valence-electron chi connectivity index (χ0n) is 17.1. The molecule has 0 fully saturated rings. The smallest absolute Gasteiger partial charge is 0.292 e. The Morgan fingerprint density at radius 3 is 2.78 bits per heavy atom. The fourth-order valence-corrected chi connectivity index (χ4v) is 3.89. The van der Waals surface area contributed by atoms with Gasteiger partial charge in [0.1, 0.15) is 17.3 Å². The summed E-state index contributed by atoms with van der Waals surface area (Å²) in [5, 5.41) is 22.5. The van der Waals surface area contributed by atoms with Crippen LogP contribution in [0.5, 0.6) is 5.75 Å². The van der Waals surface area contributed by atoms with Gasteiger partial charge in [0.05, 0.1) is 15.7 Å². The lowest BCUT2D eigenvalue weighted by Crippen LogP contribution is -2.16. The number of nitrogens with one attached hydrogen (secondary N) is 1. The molecular weight excluding hydrogens is 461 g/mol. The first-order valence-electron chi connectivity index (χ1n) is 9.51. The van der Waals surface area contributed by atoms with Crippen LogP contribution in [0.3, 0.4) is 0 Å². The van der Waals surface area contributed by atoms with Crippen LogP contribution in [-0.2, 0) is 11.3 Å². The lowest BCUT2D eigenvalue weighted by Gasteiger charge is -2.16. The molecule has 0 aliphatic carbocycles. The Kier molecular flexibility index (Phi) is 7.65. The number of thioether (sulfide) groups is 1. The van der Waals surface area contributed by atoms with Crippen LogP contribution in [0.25, 0.3) is 0 Å². The second-order valence-corrected chi connectivity index (χ2v) is 7.88. The zero-order valence-corrected chi connectivity index (χ0v) is 18.7. The Morgan fingerprint density at radius 2 is 2.09 bits per heavy atom. The van der Waals surface area contributed by atoms with Gasteiger partial charge in [-0.25, -0.2) is 4.39 Å². The largest absolute Gasteiger partial charge is 0.481 e. The van der Waals surface area contributed by atoms with E-state index in [1.165, 1.54) is 30.3 Å². The van der Waals surface area contributed by atoms with Gasteiger partial charge in [0, 0.05) is 12.6 Å². The van der Waals surface area contributed by atoms with Crippen molar-refractivity contribution in [1.82, 2.24) is 14.8 Å². The molecule has 32 heavy (non-hydrogen) atoms. The Balaban J connectivity index is 1.67. The molecule has 0 aliphatic heterocycles. The van der Waals surface area contributed by atoms with E-state index in [9.17, 15) is 19.3 Å². The minimum atomic E-state index is -0.558. The molecule has 1 amide bonds. The summed E-state index contributed by atoms with van der Waals surface area (Å²) in [5.74, 6) is -0.0920. The third kappa shape index (κ3) is 5.54. The summed E-state index contributed by atoms with van der Waals surface area (Å²) in [6.07, 6.45) is -0.541. The van der Waals surface area contributed by atoms with Crippen LogP contribution in [0.2, 0.25) is 5.02 Å². The molecule has 0 saturated heterocycles. The molecule has 3 aromatic rings. The maximum Gasteiger partial charge on any atom is 0.292 e. The molecule has 1 unspecified atom stereocenters. The van der Waals surface area contributed by atoms with Crippen molar-refractivity contribution in [2.75, 3.05) is 11.1 Å². The van der Waals surface area contributed by atoms with Gasteiger partial charge in [-0.1, -0.05) is 35.5 Å². The van der Waals surface area contributed by atoms with E-state index in [-0.39, 0.29) is 22.2 Å². The second-order valence-electron chi connectivity index (χ2n) is 6.53. The SMILES string of the molecule is CCn1c(SCC(=O)Nc2ccccc2[N+](=O)[O-])nnc1C(C)Oc1ccc(F)cc1Cl. The number of benzene rings is 2. The highest BCUT2D eigenvalue weighted by atomic mass is 35.5. The number of hydrogen-bond acceptors (Lipinski definition) is 7.